The van der Waals surface area contributed by atoms with Gasteiger partial charge in [0.15, 0.2) is 0 Å². The summed E-state index contributed by atoms with van der Waals surface area (Å²) in [6.45, 7) is 0.310. The van der Waals surface area contributed by atoms with E-state index in [1.54, 1.807) is 0 Å². The molecule has 0 bridgehead atoms. The van der Waals surface area contributed by atoms with Gasteiger partial charge in [0.05, 0.1) is 13.0 Å². The van der Waals surface area contributed by atoms with Crippen molar-refractivity contribution >= 4 is 11.9 Å². The van der Waals surface area contributed by atoms with Gasteiger partial charge in [-0.3, -0.25) is 9.59 Å². The number of aliphatic carboxylic acids is 1. The Bertz CT molecular complexity index is 287. The minimum atomic E-state index is -0.914. The van der Waals surface area contributed by atoms with Crippen molar-refractivity contribution in [1.29, 1.82) is 0 Å². The van der Waals surface area contributed by atoms with Gasteiger partial charge in [-0.25, -0.2) is 0 Å². The van der Waals surface area contributed by atoms with Crippen LogP contribution in [0.1, 0.15) is 51.4 Å². The van der Waals surface area contributed by atoms with Gasteiger partial charge < -0.3 is 15.1 Å². The quantitative estimate of drug-likeness (QED) is 0.703. The number of amides is 1. The lowest BCUT2D eigenvalue weighted by Gasteiger charge is -2.24. The minimum absolute atomic E-state index is 0.0270. The maximum absolute atomic E-state index is 12.0. The first kappa shape index (κ1) is 16.0. The van der Waals surface area contributed by atoms with Gasteiger partial charge in [0.1, 0.15) is 0 Å². The molecule has 0 aliphatic heterocycles. The maximum Gasteiger partial charge on any atom is 0.305 e. The number of carboxylic acids is 1. The van der Waals surface area contributed by atoms with E-state index in [0.717, 1.165) is 6.42 Å². The van der Waals surface area contributed by atoms with Gasteiger partial charge in [0.2, 0.25) is 5.91 Å². The zero-order valence-corrected chi connectivity index (χ0v) is 11.5. The van der Waals surface area contributed by atoms with E-state index in [1.165, 1.54) is 37.0 Å². The topological polar surface area (TPSA) is 77.8 Å². The molecule has 5 nitrogen and oxygen atoms in total. The second-order valence-electron chi connectivity index (χ2n) is 5.29. The summed E-state index contributed by atoms with van der Waals surface area (Å²) in [7, 11) is 0. The van der Waals surface area contributed by atoms with E-state index < -0.39 is 5.97 Å². The zero-order valence-electron chi connectivity index (χ0n) is 11.5. The third-order valence-corrected chi connectivity index (χ3v) is 3.81. The normalized spacial score (nSPS) is 16.3. The highest BCUT2D eigenvalue weighted by molar-refractivity contribution is 5.77. The molecule has 1 aliphatic rings. The molecular weight excluding hydrogens is 246 g/mol. The first-order chi connectivity index (χ1) is 9.13. The number of aliphatic hydroxyl groups excluding tert-OH is 1. The summed E-state index contributed by atoms with van der Waals surface area (Å²) in [4.78, 5) is 24.0. The Kier molecular flexibility index (Phi) is 7.48. The highest BCUT2D eigenvalue weighted by atomic mass is 16.4. The Balaban J connectivity index is 2.31. The van der Waals surface area contributed by atoms with Gasteiger partial charge in [-0.05, 0) is 12.3 Å². The Morgan fingerprint density at radius 3 is 2.32 bits per heavy atom. The number of carboxylic acid groups (broad SMARTS) is 1. The summed E-state index contributed by atoms with van der Waals surface area (Å²) in [5.74, 6) is -0.294. The number of carbonyl (C=O) groups is 2. The molecule has 0 atom stereocenters. The molecule has 1 fully saturated rings. The van der Waals surface area contributed by atoms with E-state index in [1.807, 2.05) is 0 Å². The van der Waals surface area contributed by atoms with Crippen LogP contribution in [0.25, 0.3) is 0 Å². The van der Waals surface area contributed by atoms with Crippen LogP contribution in [0.3, 0.4) is 0 Å². The lowest BCUT2D eigenvalue weighted by atomic mass is 9.86. The van der Waals surface area contributed by atoms with Crippen molar-refractivity contribution in [1.82, 2.24) is 4.90 Å². The highest BCUT2D eigenvalue weighted by Crippen LogP contribution is 2.27. The van der Waals surface area contributed by atoms with Gasteiger partial charge in [0.25, 0.3) is 0 Å². The number of nitrogens with zero attached hydrogens (tertiary/aromatic N) is 1. The van der Waals surface area contributed by atoms with Crippen LogP contribution < -0.4 is 0 Å². The van der Waals surface area contributed by atoms with Gasteiger partial charge in [-0.2, -0.15) is 0 Å². The molecular formula is C14H25NO4. The number of hydrogen-bond donors (Lipinski definition) is 2. The fourth-order valence-corrected chi connectivity index (χ4v) is 2.67. The molecule has 0 saturated heterocycles. The standard InChI is InChI=1S/C14H25NO4/c16-11-10-15(9-8-14(18)19)13(17)7-6-12-4-2-1-3-5-12/h12,16H,1-11H2,(H,18,19). The molecule has 0 radical (unpaired) electrons. The average Bonchev–Trinajstić information content (AvgIpc) is 2.41. The molecule has 1 rings (SSSR count). The van der Waals surface area contributed by atoms with Crippen LogP contribution in [-0.4, -0.2) is 46.7 Å². The molecule has 0 aromatic rings. The summed E-state index contributed by atoms with van der Waals surface area (Å²) in [6.07, 6.45) is 7.56. The zero-order chi connectivity index (χ0) is 14.1. The molecule has 0 aromatic heterocycles. The van der Waals surface area contributed by atoms with Crippen LogP contribution in [0.2, 0.25) is 0 Å². The number of hydrogen-bond acceptors (Lipinski definition) is 3. The lowest BCUT2D eigenvalue weighted by Crippen LogP contribution is -2.35. The molecule has 19 heavy (non-hydrogen) atoms. The minimum Gasteiger partial charge on any atom is -0.481 e. The molecule has 2 N–H and O–H groups in total. The summed E-state index contributed by atoms with van der Waals surface area (Å²) in [6, 6.07) is 0. The van der Waals surface area contributed by atoms with Crippen LogP contribution in [0.5, 0.6) is 0 Å². The van der Waals surface area contributed by atoms with Crippen LogP contribution in [0.4, 0.5) is 0 Å². The van der Waals surface area contributed by atoms with Crippen LogP contribution >= 0.6 is 0 Å². The third kappa shape index (κ3) is 6.57. The van der Waals surface area contributed by atoms with Gasteiger partial charge in [-0.15, -0.1) is 0 Å². The average molecular weight is 271 g/mol. The monoisotopic (exact) mass is 271 g/mol. The van der Waals surface area contributed by atoms with Crippen LogP contribution in [-0.2, 0) is 9.59 Å². The Morgan fingerprint density at radius 1 is 1.05 bits per heavy atom. The molecule has 0 unspecified atom stereocenters. The van der Waals surface area contributed by atoms with Crippen molar-refractivity contribution < 1.29 is 19.8 Å². The smallest absolute Gasteiger partial charge is 0.305 e. The second-order valence-corrected chi connectivity index (χ2v) is 5.29. The van der Waals surface area contributed by atoms with Gasteiger partial charge in [0, 0.05) is 19.5 Å². The van der Waals surface area contributed by atoms with Gasteiger partial charge >= 0.3 is 5.97 Å². The molecule has 1 saturated carbocycles. The summed E-state index contributed by atoms with van der Waals surface area (Å²) in [5, 5.41) is 17.6. The third-order valence-electron chi connectivity index (χ3n) is 3.81. The van der Waals surface area contributed by atoms with Crippen LogP contribution in [0, 0.1) is 5.92 Å². The Labute approximate surface area is 114 Å². The van der Waals surface area contributed by atoms with Crippen LogP contribution in [0.15, 0.2) is 0 Å². The van der Waals surface area contributed by atoms with Crippen molar-refractivity contribution in [3.05, 3.63) is 0 Å². The van der Waals surface area contributed by atoms with Crippen molar-refractivity contribution in [2.45, 2.75) is 51.4 Å². The highest BCUT2D eigenvalue weighted by Gasteiger charge is 2.18. The predicted molar refractivity (Wildman–Crippen MR) is 71.7 cm³/mol. The van der Waals surface area contributed by atoms with Crippen molar-refractivity contribution in [2.75, 3.05) is 19.7 Å². The van der Waals surface area contributed by atoms with Crippen molar-refractivity contribution in [2.24, 2.45) is 5.92 Å². The molecule has 110 valence electrons. The first-order valence-electron chi connectivity index (χ1n) is 7.24. The molecule has 1 aliphatic carbocycles. The largest absolute Gasteiger partial charge is 0.481 e. The van der Waals surface area contributed by atoms with E-state index in [0.29, 0.717) is 12.3 Å². The molecule has 1 amide bonds. The number of rotatable bonds is 8. The fourth-order valence-electron chi connectivity index (χ4n) is 2.67. The van der Waals surface area contributed by atoms with E-state index in [4.69, 9.17) is 10.2 Å². The van der Waals surface area contributed by atoms with Crippen molar-refractivity contribution in [3.63, 3.8) is 0 Å². The van der Waals surface area contributed by atoms with E-state index in [2.05, 4.69) is 0 Å². The summed E-state index contributed by atoms with van der Waals surface area (Å²) < 4.78 is 0. The van der Waals surface area contributed by atoms with Crippen molar-refractivity contribution in [3.8, 4) is 0 Å². The first-order valence-corrected chi connectivity index (χ1v) is 7.24. The molecule has 0 spiro atoms. The fraction of sp³-hybridized carbons (Fsp3) is 0.857. The number of aliphatic hydroxyl groups is 1. The SMILES string of the molecule is O=C(O)CCN(CCO)C(=O)CCC1CCCCC1. The maximum atomic E-state index is 12.0. The van der Waals surface area contributed by atoms with E-state index in [9.17, 15) is 9.59 Å². The lowest BCUT2D eigenvalue weighted by molar-refractivity contribution is -0.138. The molecule has 5 heteroatoms. The molecule has 0 aromatic carbocycles. The molecule has 0 heterocycles. The Hall–Kier alpha value is -1.10. The van der Waals surface area contributed by atoms with Gasteiger partial charge in [-0.1, -0.05) is 32.1 Å². The Morgan fingerprint density at radius 2 is 1.74 bits per heavy atom. The van der Waals surface area contributed by atoms with E-state index in [-0.39, 0.29) is 32.0 Å². The number of carbonyl (C=O) groups excluding carboxylic acids is 1. The second kappa shape index (κ2) is 8.91. The van der Waals surface area contributed by atoms with E-state index >= 15 is 0 Å². The summed E-state index contributed by atoms with van der Waals surface area (Å²) >= 11 is 0. The summed E-state index contributed by atoms with van der Waals surface area (Å²) in [5.41, 5.74) is 0. The predicted octanol–water partition coefficient (Wildman–Crippen LogP) is 1.64.